The molecule has 6 aromatic rings. The summed E-state index contributed by atoms with van der Waals surface area (Å²) in [6.07, 6.45) is 6.35. The number of carboxylic acid groups (broad SMARTS) is 1. The van der Waals surface area contributed by atoms with Crippen LogP contribution in [0, 0.1) is 0 Å². The van der Waals surface area contributed by atoms with Crippen LogP contribution in [0.1, 0.15) is 57.1 Å². The molecule has 1 atom stereocenters. The molecule has 2 aliphatic carbocycles. The quantitative estimate of drug-likeness (QED) is 0.133. The lowest BCUT2D eigenvalue weighted by molar-refractivity contribution is -0.141. The van der Waals surface area contributed by atoms with Gasteiger partial charge in [0.1, 0.15) is 6.04 Å². The molecular formula is C42H30N2O8. The SMILES string of the molecule is O=C1C(O)=Cc2cn(CCCC[C@@H](C(=O)O)n3cc4c5c(c(-c6ccccc6)ccc5c3=O)C(=O)C(O)=C4)c(=O)c3ccc(-c4ccccc4)c1c23. The minimum atomic E-state index is -1.27. The van der Waals surface area contributed by atoms with Crippen LogP contribution in [0.5, 0.6) is 0 Å². The fraction of sp³-hybridized carbons (Fsp3) is 0.119. The van der Waals surface area contributed by atoms with Crippen molar-refractivity contribution < 1.29 is 29.7 Å². The first kappa shape index (κ1) is 32.4. The second-order valence-corrected chi connectivity index (χ2v) is 13.0. The van der Waals surface area contributed by atoms with E-state index in [0.29, 0.717) is 51.3 Å². The van der Waals surface area contributed by atoms with E-state index in [0.717, 1.165) is 15.7 Å². The van der Waals surface area contributed by atoms with Crippen LogP contribution in [0.3, 0.4) is 0 Å². The maximum absolute atomic E-state index is 13.9. The van der Waals surface area contributed by atoms with Crippen LogP contribution >= 0.6 is 0 Å². The fourth-order valence-electron chi connectivity index (χ4n) is 7.51. The van der Waals surface area contributed by atoms with E-state index in [4.69, 9.17) is 0 Å². The number of carbonyl (C=O) groups is 3. The van der Waals surface area contributed by atoms with E-state index in [9.17, 15) is 39.3 Å². The first-order valence-corrected chi connectivity index (χ1v) is 16.8. The van der Waals surface area contributed by atoms with Gasteiger partial charge in [0.2, 0.25) is 11.6 Å². The summed E-state index contributed by atoms with van der Waals surface area (Å²) in [5.74, 6) is -3.34. The molecule has 2 aliphatic rings. The molecule has 4 aromatic carbocycles. The van der Waals surface area contributed by atoms with Crippen LogP contribution in [0.4, 0.5) is 0 Å². The van der Waals surface area contributed by atoms with Crippen molar-refractivity contribution in [2.24, 2.45) is 0 Å². The molecule has 0 fully saturated rings. The molecule has 2 aromatic heterocycles. The maximum atomic E-state index is 13.9. The van der Waals surface area contributed by atoms with Crippen molar-refractivity contribution >= 4 is 51.2 Å². The molecule has 0 amide bonds. The van der Waals surface area contributed by atoms with Crippen LogP contribution in [0.2, 0.25) is 0 Å². The summed E-state index contributed by atoms with van der Waals surface area (Å²) in [6, 6.07) is 23.7. The average molecular weight is 691 g/mol. The Bertz CT molecular complexity index is 2700. The molecule has 0 bridgehead atoms. The normalized spacial score (nSPS) is 14.0. The number of unbranched alkanes of at least 4 members (excludes halogenated alkanes) is 1. The number of hydrogen-bond acceptors (Lipinski definition) is 7. The Kier molecular flexibility index (Phi) is 7.79. The molecule has 52 heavy (non-hydrogen) atoms. The summed E-state index contributed by atoms with van der Waals surface area (Å²) >= 11 is 0. The molecule has 3 N–H and O–H groups in total. The van der Waals surface area contributed by atoms with Crippen molar-refractivity contribution in [2.45, 2.75) is 31.8 Å². The zero-order chi connectivity index (χ0) is 36.3. The van der Waals surface area contributed by atoms with Crippen molar-refractivity contribution in [3.05, 3.63) is 152 Å². The van der Waals surface area contributed by atoms with E-state index >= 15 is 0 Å². The molecule has 0 unspecified atom stereocenters. The third-order valence-corrected chi connectivity index (χ3v) is 9.94. The summed E-state index contributed by atoms with van der Waals surface area (Å²) in [7, 11) is 0. The molecule has 10 nitrogen and oxygen atoms in total. The molecule has 8 rings (SSSR count). The van der Waals surface area contributed by atoms with E-state index in [1.807, 2.05) is 60.7 Å². The number of allylic oxidation sites excluding steroid dienone is 2. The average Bonchev–Trinajstić information content (AvgIpc) is 3.15. The second-order valence-electron chi connectivity index (χ2n) is 13.0. The van der Waals surface area contributed by atoms with E-state index in [1.165, 1.54) is 22.9 Å². The molecule has 2 heterocycles. The Balaban J connectivity index is 1.09. The first-order valence-electron chi connectivity index (χ1n) is 16.8. The molecule has 0 saturated carbocycles. The second kappa shape index (κ2) is 12.5. The van der Waals surface area contributed by atoms with E-state index in [-0.39, 0.29) is 35.0 Å². The van der Waals surface area contributed by atoms with Crippen LogP contribution in [0.25, 0.3) is 56.0 Å². The molecule has 0 saturated heterocycles. The van der Waals surface area contributed by atoms with Crippen molar-refractivity contribution in [3.8, 4) is 22.3 Å². The van der Waals surface area contributed by atoms with Gasteiger partial charge in [-0.25, -0.2) is 4.79 Å². The van der Waals surface area contributed by atoms with Crippen molar-refractivity contribution in [1.82, 2.24) is 9.13 Å². The lowest BCUT2D eigenvalue weighted by atomic mass is 9.86. The Morgan fingerprint density at radius 2 is 1.12 bits per heavy atom. The number of hydrogen-bond donors (Lipinski definition) is 3. The summed E-state index contributed by atoms with van der Waals surface area (Å²) in [4.78, 5) is 66.5. The number of carbonyl (C=O) groups excluding carboxylic acids is 2. The van der Waals surface area contributed by atoms with E-state index in [1.54, 1.807) is 30.5 Å². The number of aromatic nitrogens is 2. The predicted molar refractivity (Wildman–Crippen MR) is 198 cm³/mol. The van der Waals surface area contributed by atoms with Crippen molar-refractivity contribution in [3.63, 3.8) is 0 Å². The van der Waals surface area contributed by atoms with Gasteiger partial charge in [-0.1, -0.05) is 72.8 Å². The lowest BCUT2D eigenvalue weighted by Gasteiger charge is -2.22. The standard InChI is InChI=1S/C42H30N2O8/c45-32-19-25-21-43(40(49)29-16-14-27(23-9-3-1-4-10-23)36(34(25)29)38(32)47)18-8-7-13-31(42(51)52)44-22-26-20-33(46)39(48)37-28(24-11-5-2-6-12-24)15-17-30(35(26)37)41(44)50/h1-6,9-12,14-17,19-22,31,45-46H,7-8,13,18H2,(H,51,52)/t31-/m0/s1. The van der Waals surface area contributed by atoms with Gasteiger partial charge in [0.15, 0.2) is 11.5 Å². The van der Waals surface area contributed by atoms with Gasteiger partial charge in [-0.05, 0) is 65.8 Å². The van der Waals surface area contributed by atoms with Crippen LogP contribution in [-0.2, 0) is 11.3 Å². The van der Waals surface area contributed by atoms with Gasteiger partial charge >= 0.3 is 5.97 Å². The van der Waals surface area contributed by atoms with Gasteiger partial charge in [0, 0.05) is 62.7 Å². The molecule has 10 heteroatoms. The molecule has 0 radical (unpaired) electrons. The van der Waals surface area contributed by atoms with Crippen LogP contribution in [0.15, 0.2) is 118 Å². The highest BCUT2D eigenvalue weighted by molar-refractivity contribution is 6.25. The summed E-state index contributed by atoms with van der Waals surface area (Å²) < 4.78 is 2.62. The number of nitrogens with zero attached hydrogens (tertiary/aromatic N) is 2. The number of ketones is 2. The number of aliphatic hydroxyl groups is 2. The molecule has 0 aliphatic heterocycles. The van der Waals surface area contributed by atoms with Gasteiger partial charge < -0.3 is 24.5 Å². The first-order chi connectivity index (χ1) is 25.1. The molecule has 256 valence electrons. The number of benzene rings is 4. The third-order valence-electron chi connectivity index (χ3n) is 9.94. The minimum absolute atomic E-state index is 0.0543. The van der Waals surface area contributed by atoms with Crippen LogP contribution < -0.4 is 11.1 Å². The largest absolute Gasteiger partial charge is 0.504 e. The number of rotatable bonds is 9. The number of carboxylic acids is 1. The van der Waals surface area contributed by atoms with E-state index in [2.05, 4.69) is 0 Å². The van der Waals surface area contributed by atoms with Gasteiger partial charge in [-0.15, -0.1) is 0 Å². The molecular weight excluding hydrogens is 660 g/mol. The number of pyridine rings is 2. The fourth-order valence-corrected chi connectivity index (χ4v) is 7.51. The summed E-state index contributed by atoms with van der Waals surface area (Å²) in [5.41, 5.74) is 3.09. The zero-order valence-corrected chi connectivity index (χ0v) is 27.6. The van der Waals surface area contributed by atoms with Gasteiger partial charge in [0.25, 0.3) is 11.1 Å². The highest BCUT2D eigenvalue weighted by Gasteiger charge is 2.30. The topological polar surface area (TPSA) is 156 Å². The number of aryl methyl sites for hydroxylation is 1. The third kappa shape index (κ3) is 5.15. The monoisotopic (exact) mass is 690 g/mol. The highest BCUT2D eigenvalue weighted by Crippen LogP contribution is 2.38. The number of aliphatic carboxylic acids is 1. The van der Waals surface area contributed by atoms with Gasteiger partial charge in [-0.2, -0.15) is 0 Å². The lowest BCUT2D eigenvalue weighted by Crippen LogP contribution is -2.31. The summed E-state index contributed by atoms with van der Waals surface area (Å²) in [5, 5.41) is 32.8. The Morgan fingerprint density at radius 3 is 1.63 bits per heavy atom. The van der Waals surface area contributed by atoms with Gasteiger partial charge in [0.05, 0.1) is 0 Å². The van der Waals surface area contributed by atoms with Gasteiger partial charge in [-0.3, -0.25) is 19.2 Å². The maximum Gasteiger partial charge on any atom is 0.326 e. The Labute approximate surface area is 295 Å². The summed E-state index contributed by atoms with van der Waals surface area (Å²) in [6.45, 7) is 0.217. The zero-order valence-electron chi connectivity index (χ0n) is 27.6. The Morgan fingerprint density at radius 1 is 0.615 bits per heavy atom. The number of Topliss-reactive ketones (excluding diaryl/α,β-unsaturated/α-hetero) is 2. The van der Waals surface area contributed by atoms with Crippen molar-refractivity contribution in [1.29, 1.82) is 0 Å². The number of aliphatic hydroxyl groups excluding tert-OH is 2. The van der Waals surface area contributed by atoms with E-state index < -0.39 is 40.7 Å². The van der Waals surface area contributed by atoms with Crippen LogP contribution in [-0.4, -0.2) is 42.0 Å². The predicted octanol–water partition coefficient (Wildman–Crippen LogP) is 7.34. The minimum Gasteiger partial charge on any atom is -0.504 e. The molecule has 0 spiro atoms. The Hall–Kier alpha value is -6.81. The smallest absolute Gasteiger partial charge is 0.326 e. The van der Waals surface area contributed by atoms with Crippen molar-refractivity contribution in [2.75, 3.05) is 0 Å². The highest BCUT2D eigenvalue weighted by atomic mass is 16.4.